The molecule has 0 saturated heterocycles. The van der Waals surface area contributed by atoms with Crippen molar-refractivity contribution in [3.05, 3.63) is 12.0 Å². The molecule has 1 atom stereocenters. The molecule has 0 radical (unpaired) electrons. The summed E-state index contributed by atoms with van der Waals surface area (Å²) in [5.41, 5.74) is 0. The minimum atomic E-state index is -1.11. The van der Waals surface area contributed by atoms with Gasteiger partial charge in [-0.05, 0) is 13.3 Å². The van der Waals surface area contributed by atoms with Crippen LogP contribution in [0.5, 0.6) is 0 Å². The minimum Gasteiger partial charge on any atom is -0.544 e. The van der Waals surface area contributed by atoms with Crippen LogP contribution in [0.1, 0.15) is 46.0 Å². The lowest BCUT2D eigenvalue weighted by molar-refractivity contribution is -0.857. The van der Waals surface area contributed by atoms with Crippen LogP contribution in [0.2, 0.25) is 0 Å². The average Bonchev–Trinajstić information content (AvgIpc) is 2.22. The molecule has 0 spiro atoms. The van der Waals surface area contributed by atoms with E-state index in [0.717, 1.165) is 19.3 Å². The van der Waals surface area contributed by atoms with E-state index in [-0.39, 0.29) is 10.2 Å². The quantitative estimate of drug-likeness (QED) is 0.400. The summed E-state index contributed by atoms with van der Waals surface area (Å²) < 4.78 is 0.0992. The molecule has 0 aliphatic carbocycles. The van der Waals surface area contributed by atoms with Gasteiger partial charge in [-0.2, -0.15) is 0 Å². The number of aliphatic carboxylic acids is 1. The van der Waals surface area contributed by atoms with E-state index in [9.17, 15) is 15.0 Å². The zero-order chi connectivity index (χ0) is 13.5. The number of likely N-dealkylation sites (N-methyl/N-ethyl adjacent to an activating group) is 1. The number of nitrogens with zero attached hydrogens (tertiary/aromatic N) is 1. The van der Waals surface area contributed by atoms with Crippen LogP contribution in [-0.4, -0.2) is 35.7 Å². The van der Waals surface area contributed by atoms with E-state index in [1.54, 1.807) is 27.2 Å². The lowest BCUT2D eigenvalue weighted by Gasteiger charge is -2.32. The second-order valence-electron chi connectivity index (χ2n) is 5.06. The van der Waals surface area contributed by atoms with Crippen LogP contribution in [0.25, 0.3) is 0 Å². The van der Waals surface area contributed by atoms with Crippen LogP contribution in [0, 0.1) is 0 Å². The molecule has 4 nitrogen and oxygen atoms in total. The highest BCUT2D eigenvalue weighted by Gasteiger charge is 2.23. The number of allylic oxidation sites excluding steroid dienone is 1. The van der Waals surface area contributed by atoms with Gasteiger partial charge in [0.25, 0.3) is 0 Å². The van der Waals surface area contributed by atoms with Crippen LogP contribution in [0.4, 0.5) is 0 Å². The predicted molar refractivity (Wildman–Crippen MR) is 66.0 cm³/mol. The number of unbranched alkanes of at least 4 members (excludes halogenated alkanes) is 3. The lowest BCUT2D eigenvalue weighted by atomic mass is 10.1. The van der Waals surface area contributed by atoms with Crippen LogP contribution >= 0.6 is 0 Å². The van der Waals surface area contributed by atoms with Crippen molar-refractivity contribution < 1.29 is 19.5 Å². The summed E-state index contributed by atoms with van der Waals surface area (Å²) in [6.07, 6.45) is 6.57. The zero-order valence-electron chi connectivity index (χ0n) is 11.4. The van der Waals surface area contributed by atoms with Crippen LogP contribution in [-0.2, 0) is 4.79 Å². The maximum absolute atomic E-state index is 10.8. The van der Waals surface area contributed by atoms with E-state index >= 15 is 0 Å². The van der Waals surface area contributed by atoms with E-state index in [1.165, 1.54) is 6.42 Å². The number of hydrogen-bond donors (Lipinski definition) is 1. The summed E-state index contributed by atoms with van der Waals surface area (Å²) in [6.45, 7) is 3.72. The first-order valence-electron chi connectivity index (χ1n) is 6.26. The number of carboxylic acids is 1. The molecule has 0 aliphatic rings. The monoisotopic (exact) mass is 243 g/mol. The number of hydrogen-bond acceptors (Lipinski definition) is 3. The minimum absolute atomic E-state index is 0.0992. The van der Waals surface area contributed by atoms with Crippen molar-refractivity contribution in [3.63, 3.8) is 0 Å². The van der Waals surface area contributed by atoms with E-state index in [2.05, 4.69) is 6.92 Å². The maximum atomic E-state index is 10.8. The largest absolute Gasteiger partial charge is 0.544 e. The van der Waals surface area contributed by atoms with Gasteiger partial charge in [-0.25, -0.2) is 0 Å². The van der Waals surface area contributed by atoms with Gasteiger partial charge in [0.05, 0.1) is 20.1 Å². The van der Waals surface area contributed by atoms with Gasteiger partial charge in [-0.15, -0.1) is 0 Å². The molecule has 100 valence electrons. The molecule has 0 rings (SSSR count). The Balaban J connectivity index is 4.29. The molecular weight excluding hydrogens is 218 g/mol. The first-order chi connectivity index (χ1) is 7.81. The fourth-order valence-electron chi connectivity index (χ4n) is 1.57. The Morgan fingerprint density at radius 2 is 1.94 bits per heavy atom. The van der Waals surface area contributed by atoms with Crippen molar-refractivity contribution in [2.24, 2.45) is 0 Å². The zero-order valence-corrected chi connectivity index (χ0v) is 11.4. The molecule has 0 aromatic rings. The summed E-state index contributed by atoms with van der Waals surface area (Å²) >= 11 is 0. The molecule has 17 heavy (non-hydrogen) atoms. The van der Waals surface area contributed by atoms with Crippen LogP contribution in [0.15, 0.2) is 12.0 Å². The summed E-state index contributed by atoms with van der Waals surface area (Å²) in [5, 5.41) is 20.5. The van der Waals surface area contributed by atoms with E-state index < -0.39 is 12.0 Å². The highest BCUT2D eigenvalue weighted by Crippen LogP contribution is 2.13. The normalized spacial score (nSPS) is 14.7. The van der Waals surface area contributed by atoms with Crippen molar-refractivity contribution in [1.82, 2.24) is 0 Å². The molecule has 1 unspecified atom stereocenters. The fourth-order valence-corrected chi connectivity index (χ4v) is 1.57. The third kappa shape index (κ3) is 6.31. The summed E-state index contributed by atoms with van der Waals surface area (Å²) in [6, 6.07) is -0.673. The molecule has 0 aromatic carbocycles. The number of aliphatic hydroxyl groups is 1. The second kappa shape index (κ2) is 7.33. The third-order valence-corrected chi connectivity index (χ3v) is 3.11. The molecule has 0 aromatic heterocycles. The van der Waals surface area contributed by atoms with Gasteiger partial charge in [-0.3, -0.25) is 4.48 Å². The molecule has 0 fully saturated rings. The van der Waals surface area contributed by atoms with Gasteiger partial charge in [0.2, 0.25) is 0 Å². The number of aliphatic hydroxyl groups excluding tert-OH is 1. The Kier molecular flexibility index (Phi) is 6.88. The average molecular weight is 243 g/mol. The number of rotatable bonds is 8. The van der Waals surface area contributed by atoms with Gasteiger partial charge >= 0.3 is 0 Å². The Morgan fingerprint density at radius 1 is 1.35 bits per heavy atom. The topological polar surface area (TPSA) is 60.4 Å². The molecule has 0 amide bonds. The molecular formula is C13H25NO3. The highest BCUT2D eigenvalue weighted by atomic mass is 16.4. The highest BCUT2D eigenvalue weighted by molar-refractivity contribution is 5.69. The fraction of sp³-hybridized carbons (Fsp3) is 0.769. The van der Waals surface area contributed by atoms with Gasteiger partial charge in [0, 0.05) is 6.42 Å². The number of carboxylic acid groups (broad SMARTS) is 1. The first-order valence-corrected chi connectivity index (χ1v) is 6.26. The van der Waals surface area contributed by atoms with E-state index in [4.69, 9.17) is 0 Å². The molecule has 0 aliphatic heterocycles. The van der Waals surface area contributed by atoms with Gasteiger partial charge in [-0.1, -0.05) is 26.2 Å². The Morgan fingerprint density at radius 3 is 2.41 bits per heavy atom. The molecule has 0 bridgehead atoms. The Labute approximate surface area is 104 Å². The van der Waals surface area contributed by atoms with E-state index in [0.29, 0.717) is 6.42 Å². The number of quaternary nitrogens is 1. The van der Waals surface area contributed by atoms with Crippen molar-refractivity contribution in [1.29, 1.82) is 0 Å². The van der Waals surface area contributed by atoms with Gasteiger partial charge in [0.15, 0.2) is 0 Å². The smallest absolute Gasteiger partial charge is 0.145 e. The van der Waals surface area contributed by atoms with Crippen molar-refractivity contribution in [3.8, 4) is 0 Å². The van der Waals surface area contributed by atoms with Crippen molar-refractivity contribution >= 4 is 5.97 Å². The summed E-state index contributed by atoms with van der Waals surface area (Å²) in [7, 11) is 3.48. The molecule has 0 heterocycles. The standard InChI is InChI=1S/C13H25NO3/c1-5-6-7-8-9-12(15)10-14(3,4)11(2)13(16)17/h10-11H,5-9H2,1-4H3,(H-,15,16,17)/b12-10-. The first kappa shape index (κ1) is 16.0. The molecule has 1 N–H and O–H groups in total. The summed E-state index contributed by atoms with van der Waals surface area (Å²) in [4.78, 5) is 10.8. The van der Waals surface area contributed by atoms with Crippen molar-refractivity contribution in [2.45, 2.75) is 52.0 Å². The maximum Gasteiger partial charge on any atom is 0.145 e. The van der Waals surface area contributed by atoms with Gasteiger partial charge < -0.3 is 15.0 Å². The summed E-state index contributed by atoms with van der Waals surface area (Å²) in [5.74, 6) is -0.843. The number of carbonyl (C=O) groups excluding carboxylic acids is 1. The molecule has 0 saturated carbocycles. The van der Waals surface area contributed by atoms with Crippen LogP contribution < -0.4 is 5.11 Å². The van der Waals surface area contributed by atoms with Crippen LogP contribution in [0.3, 0.4) is 0 Å². The van der Waals surface area contributed by atoms with Crippen molar-refractivity contribution in [2.75, 3.05) is 14.1 Å². The Bertz CT molecular complexity index is 272. The predicted octanol–water partition coefficient (Wildman–Crippen LogP) is 1.57. The number of carbonyl (C=O) groups is 1. The Hall–Kier alpha value is -1.03. The van der Waals surface area contributed by atoms with E-state index in [1.807, 2.05) is 0 Å². The third-order valence-electron chi connectivity index (χ3n) is 3.11. The SMILES string of the molecule is CCCCCC/C(O)=C/[N+](C)(C)C(C)C(=O)[O-]. The second-order valence-corrected chi connectivity index (χ2v) is 5.06. The van der Waals surface area contributed by atoms with Gasteiger partial charge in [0.1, 0.15) is 18.0 Å². The lowest BCUT2D eigenvalue weighted by Crippen LogP contribution is -2.52. The molecule has 4 heteroatoms.